The molecule has 2 atom stereocenters. The summed E-state index contributed by atoms with van der Waals surface area (Å²) in [5.74, 6) is -0.214. The number of nitrogens with one attached hydrogen (secondary N) is 1. The van der Waals surface area contributed by atoms with Gasteiger partial charge in [-0.2, -0.15) is 0 Å². The summed E-state index contributed by atoms with van der Waals surface area (Å²) in [6.07, 6.45) is 0.650. The summed E-state index contributed by atoms with van der Waals surface area (Å²) in [7, 11) is 1.66. The Balaban J connectivity index is 2.84. The zero-order valence-electron chi connectivity index (χ0n) is 13.8. The van der Waals surface area contributed by atoms with Gasteiger partial charge in [0, 0.05) is 20.0 Å². The summed E-state index contributed by atoms with van der Waals surface area (Å²) in [5.41, 5.74) is 1.01. The van der Waals surface area contributed by atoms with Gasteiger partial charge in [0.2, 0.25) is 5.91 Å². The van der Waals surface area contributed by atoms with Crippen LogP contribution < -0.4 is 10.2 Å². The minimum atomic E-state index is -0.573. The lowest BCUT2D eigenvalue weighted by Gasteiger charge is -2.21. The van der Waals surface area contributed by atoms with Gasteiger partial charge in [0.1, 0.15) is 0 Å². The van der Waals surface area contributed by atoms with Crippen LogP contribution in [-0.4, -0.2) is 36.6 Å². The first-order chi connectivity index (χ1) is 10.4. The summed E-state index contributed by atoms with van der Waals surface area (Å²) in [4.78, 5) is 25.7. The minimum Gasteiger partial charge on any atom is -0.391 e. The summed E-state index contributed by atoms with van der Waals surface area (Å²) >= 11 is 0. The van der Waals surface area contributed by atoms with Crippen LogP contribution in [0.25, 0.3) is 0 Å². The molecule has 1 aromatic rings. The Kier molecular flexibility index (Phi) is 7.05. The molecular formula is C17H26N2O3. The average molecular weight is 306 g/mol. The van der Waals surface area contributed by atoms with Gasteiger partial charge in [-0.1, -0.05) is 39.3 Å². The maximum atomic E-state index is 12.3. The highest BCUT2D eigenvalue weighted by Gasteiger charge is 2.19. The first-order valence-electron chi connectivity index (χ1n) is 7.74. The fourth-order valence-electron chi connectivity index (χ4n) is 2.10. The van der Waals surface area contributed by atoms with E-state index in [1.807, 2.05) is 13.8 Å². The third kappa shape index (κ3) is 4.56. The molecule has 2 N–H and O–H groups in total. The van der Waals surface area contributed by atoms with Crippen LogP contribution in [0.4, 0.5) is 5.69 Å². The lowest BCUT2D eigenvalue weighted by atomic mass is 10.0. The molecule has 2 unspecified atom stereocenters. The van der Waals surface area contributed by atoms with Crippen molar-refractivity contribution in [2.45, 2.75) is 39.7 Å². The number of aliphatic hydroxyl groups excluding tert-OH is 1. The van der Waals surface area contributed by atoms with Crippen LogP contribution in [0.1, 0.15) is 44.0 Å². The third-order valence-electron chi connectivity index (χ3n) is 3.96. The quantitative estimate of drug-likeness (QED) is 0.811. The fourth-order valence-corrected chi connectivity index (χ4v) is 2.10. The molecule has 0 radical (unpaired) electrons. The van der Waals surface area contributed by atoms with Crippen molar-refractivity contribution in [2.75, 3.05) is 18.5 Å². The standard InChI is InChI=1S/C17H26N2O3/c1-5-12(3)15(20)11-18-17(22)13-9-7-8-10-14(13)19(4)16(21)6-2/h7-10,12,15,20H,5-6,11H2,1-4H3,(H,18,22). The van der Waals surface area contributed by atoms with E-state index >= 15 is 0 Å². The normalized spacial score (nSPS) is 13.3. The molecule has 0 heterocycles. The van der Waals surface area contributed by atoms with E-state index < -0.39 is 6.10 Å². The van der Waals surface area contributed by atoms with Crippen LogP contribution in [0, 0.1) is 5.92 Å². The van der Waals surface area contributed by atoms with E-state index in [0.717, 1.165) is 6.42 Å². The number of benzene rings is 1. The van der Waals surface area contributed by atoms with Crippen LogP contribution >= 0.6 is 0 Å². The Morgan fingerprint density at radius 2 is 1.91 bits per heavy atom. The van der Waals surface area contributed by atoms with Gasteiger partial charge in [-0.05, 0) is 18.1 Å². The maximum absolute atomic E-state index is 12.3. The highest BCUT2D eigenvalue weighted by atomic mass is 16.3. The zero-order valence-corrected chi connectivity index (χ0v) is 13.8. The summed E-state index contributed by atoms with van der Waals surface area (Å²) in [6, 6.07) is 6.97. The average Bonchev–Trinajstić information content (AvgIpc) is 2.56. The molecule has 22 heavy (non-hydrogen) atoms. The molecular weight excluding hydrogens is 280 g/mol. The van der Waals surface area contributed by atoms with Crippen molar-refractivity contribution in [3.8, 4) is 0 Å². The second-order valence-electron chi connectivity index (χ2n) is 5.49. The van der Waals surface area contributed by atoms with Gasteiger partial charge in [-0.15, -0.1) is 0 Å². The lowest BCUT2D eigenvalue weighted by Crippen LogP contribution is -2.36. The number of rotatable bonds is 7. The van der Waals surface area contributed by atoms with Gasteiger partial charge in [0.15, 0.2) is 0 Å². The van der Waals surface area contributed by atoms with E-state index in [1.165, 1.54) is 4.90 Å². The van der Waals surface area contributed by atoms with Crippen LogP contribution in [0.3, 0.4) is 0 Å². The number of hydrogen-bond acceptors (Lipinski definition) is 3. The van der Waals surface area contributed by atoms with E-state index in [1.54, 1.807) is 38.2 Å². The summed E-state index contributed by atoms with van der Waals surface area (Å²) < 4.78 is 0. The van der Waals surface area contributed by atoms with Gasteiger partial charge in [-0.3, -0.25) is 9.59 Å². The Morgan fingerprint density at radius 1 is 1.27 bits per heavy atom. The van der Waals surface area contributed by atoms with Crippen molar-refractivity contribution in [2.24, 2.45) is 5.92 Å². The van der Waals surface area contributed by atoms with Crippen molar-refractivity contribution in [1.29, 1.82) is 0 Å². The van der Waals surface area contributed by atoms with E-state index in [4.69, 9.17) is 0 Å². The van der Waals surface area contributed by atoms with E-state index in [2.05, 4.69) is 5.32 Å². The first kappa shape index (κ1) is 18.2. The Labute approximate surface area is 132 Å². The Bertz CT molecular complexity index is 516. The van der Waals surface area contributed by atoms with Crippen molar-refractivity contribution >= 4 is 17.5 Å². The lowest BCUT2D eigenvalue weighted by molar-refractivity contribution is -0.118. The number of nitrogens with zero attached hydrogens (tertiary/aromatic N) is 1. The number of aliphatic hydroxyl groups is 1. The van der Waals surface area contributed by atoms with Gasteiger partial charge >= 0.3 is 0 Å². The van der Waals surface area contributed by atoms with Gasteiger partial charge in [-0.25, -0.2) is 0 Å². The molecule has 1 aromatic carbocycles. The zero-order chi connectivity index (χ0) is 16.7. The number of amides is 2. The van der Waals surface area contributed by atoms with Crippen LogP contribution in [0.15, 0.2) is 24.3 Å². The molecule has 2 amide bonds. The molecule has 0 saturated heterocycles. The molecule has 0 aliphatic rings. The van der Waals surface area contributed by atoms with Crippen LogP contribution in [0.5, 0.6) is 0 Å². The molecule has 0 saturated carbocycles. The Morgan fingerprint density at radius 3 is 2.50 bits per heavy atom. The number of carbonyl (C=O) groups excluding carboxylic acids is 2. The predicted octanol–water partition coefficient (Wildman–Crippen LogP) is 2.20. The smallest absolute Gasteiger partial charge is 0.253 e. The predicted molar refractivity (Wildman–Crippen MR) is 87.9 cm³/mol. The molecule has 0 bridgehead atoms. The van der Waals surface area contributed by atoms with Crippen molar-refractivity contribution in [3.63, 3.8) is 0 Å². The van der Waals surface area contributed by atoms with Crippen molar-refractivity contribution in [1.82, 2.24) is 5.32 Å². The first-order valence-corrected chi connectivity index (χ1v) is 7.74. The number of anilines is 1. The van der Waals surface area contributed by atoms with Crippen LogP contribution in [0.2, 0.25) is 0 Å². The summed E-state index contributed by atoms with van der Waals surface area (Å²) in [6.45, 7) is 5.92. The third-order valence-corrected chi connectivity index (χ3v) is 3.96. The molecule has 0 fully saturated rings. The maximum Gasteiger partial charge on any atom is 0.253 e. The van der Waals surface area contributed by atoms with Crippen molar-refractivity contribution < 1.29 is 14.7 Å². The molecule has 1 rings (SSSR count). The van der Waals surface area contributed by atoms with Crippen LogP contribution in [-0.2, 0) is 4.79 Å². The van der Waals surface area contributed by atoms with Gasteiger partial charge in [0.25, 0.3) is 5.91 Å². The van der Waals surface area contributed by atoms with E-state index in [9.17, 15) is 14.7 Å². The molecule has 0 aliphatic carbocycles. The summed E-state index contributed by atoms with van der Waals surface area (Å²) in [5, 5.41) is 12.7. The molecule has 5 nitrogen and oxygen atoms in total. The SMILES string of the molecule is CCC(=O)N(C)c1ccccc1C(=O)NCC(O)C(C)CC. The minimum absolute atomic E-state index is 0.0557. The second kappa shape index (κ2) is 8.54. The monoisotopic (exact) mass is 306 g/mol. The largest absolute Gasteiger partial charge is 0.391 e. The van der Waals surface area contributed by atoms with Gasteiger partial charge in [0.05, 0.1) is 17.4 Å². The molecule has 0 aliphatic heterocycles. The molecule has 122 valence electrons. The molecule has 0 aromatic heterocycles. The molecule has 5 heteroatoms. The Hall–Kier alpha value is -1.88. The highest BCUT2D eigenvalue weighted by Crippen LogP contribution is 2.20. The van der Waals surface area contributed by atoms with E-state index in [-0.39, 0.29) is 24.3 Å². The highest BCUT2D eigenvalue weighted by molar-refractivity contribution is 6.04. The van der Waals surface area contributed by atoms with Gasteiger partial charge < -0.3 is 15.3 Å². The topological polar surface area (TPSA) is 69.6 Å². The number of para-hydroxylation sites is 1. The number of hydrogen-bond donors (Lipinski definition) is 2. The van der Waals surface area contributed by atoms with Crippen molar-refractivity contribution in [3.05, 3.63) is 29.8 Å². The molecule has 0 spiro atoms. The second-order valence-corrected chi connectivity index (χ2v) is 5.49. The number of carbonyl (C=O) groups is 2. The van der Waals surface area contributed by atoms with E-state index in [0.29, 0.717) is 17.7 Å². The fraction of sp³-hybridized carbons (Fsp3) is 0.529.